The van der Waals surface area contributed by atoms with Gasteiger partial charge in [0.05, 0.1) is 6.61 Å². The Morgan fingerprint density at radius 3 is 2.31 bits per heavy atom. The zero-order valence-corrected chi connectivity index (χ0v) is 18.0. The van der Waals surface area contributed by atoms with Gasteiger partial charge in [-0.15, -0.1) is 0 Å². The number of rotatable bonds is 10. The molecule has 1 aromatic carbocycles. The van der Waals surface area contributed by atoms with Crippen LogP contribution >= 0.6 is 0 Å². The first-order valence-corrected chi connectivity index (χ1v) is 11.5. The summed E-state index contributed by atoms with van der Waals surface area (Å²) in [5.41, 5.74) is 1.64. The lowest BCUT2D eigenvalue weighted by atomic mass is 9.79. The van der Waals surface area contributed by atoms with Crippen LogP contribution < -0.4 is 4.74 Å². The number of ether oxygens (including phenoxy) is 1. The summed E-state index contributed by atoms with van der Waals surface area (Å²) in [6.07, 6.45) is 16.0. The largest absolute Gasteiger partial charge is 0.491 e. The van der Waals surface area contributed by atoms with Gasteiger partial charge in [0.25, 0.3) is 0 Å². The number of nitrogens with zero attached hydrogens (tertiary/aromatic N) is 2. The molecule has 0 N–H and O–H groups in total. The van der Waals surface area contributed by atoms with Crippen molar-refractivity contribution in [3.63, 3.8) is 0 Å². The molecule has 1 aromatic heterocycles. The highest BCUT2D eigenvalue weighted by atomic mass is 19.1. The van der Waals surface area contributed by atoms with Crippen LogP contribution in [-0.4, -0.2) is 16.6 Å². The molecular formula is C25H35FN2O. The number of benzene rings is 1. The second-order valence-electron chi connectivity index (χ2n) is 8.39. The van der Waals surface area contributed by atoms with Crippen LogP contribution in [-0.2, 0) is 0 Å². The molecule has 0 radical (unpaired) electrons. The third-order valence-electron chi connectivity index (χ3n) is 6.12. The molecule has 4 heteroatoms. The molecule has 1 aliphatic rings. The summed E-state index contributed by atoms with van der Waals surface area (Å²) >= 11 is 0. The van der Waals surface area contributed by atoms with Gasteiger partial charge < -0.3 is 4.74 Å². The van der Waals surface area contributed by atoms with Gasteiger partial charge in [-0.2, -0.15) is 0 Å². The second kappa shape index (κ2) is 11.3. The van der Waals surface area contributed by atoms with E-state index in [1.165, 1.54) is 57.4 Å². The average molecular weight is 399 g/mol. The summed E-state index contributed by atoms with van der Waals surface area (Å²) in [4.78, 5) is 9.25. The van der Waals surface area contributed by atoms with Crippen molar-refractivity contribution < 1.29 is 9.13 Å². The van der Waals surface area contributed by atoms with Crippen LogP contribution in [0.4, 0.5) is 4.39 Å². The Morgan fingerprint density at radius 1 is 0.931 bits per heavy atom. The van der Waals surface area contributed by atoms with Crippen LogP contribution in [0.3, 0.4) is 0 Å². The fraction of sp³-hybridized carbons (Fsp3) is 0.600. The highest BCUT2D eigenvalue weighted by molar-refractivity contribution is 5.62. The van der Waals surface area contributed by atoms with Gasteiger partial charge >= 0.3 is 0 Å². The van der Waals surface area contributed by atoms with Crippen LogP contribution in [0.2, 0.25) is 0 Å². The maximum atomic E-state index is 14.3. The van der Waals surface area contributed by atoms with Crippen molar-refractivity contribution in [2.75, 3.05) is 6.61 Å². The Labute approximate surface area is 175 Å². The van der Waals surface area contributed by atoms with Gasteiger partial charge in [0.2, 0.25) is 0 Å². The summed E-state index contributed by atoms with van der Waals surface area (Å²) in [6.45, 7) is 4.90. The van der Waals surface area contributed by atoms with E-state index in [-0.39, 0.29) is 5.82 Å². The molecule has 0 unspecified atom stereocenters. The lowest BCUT2D eigenvalue weighted by Crippen LogP contribution is -2.15. The lowest BCUT2D eigenvalue weighted by Gasteiger charge is -2.27. The van der Waals surface area contributed by atoms with Crippen molar-refractivity contribution in [3.8, 4) is 16.9 Å². The van der Waals surface area contributed by atoms with E-state index in [4.69, 9.17) is 4.74 Å². The molecule has 1 heterocycles. The number of hydrogen-bond donors (Lipinski definition) is 0. The molecule has 3 nitrogen and oxygen atoms in total. The monoisotopic (exact) mass is 398 g/mol. The van der Waals surface area contributed by atoms with E-state index in [2.05, 4.69) is 23.8 Å². The SMILES string of the molecule is CCCCC[C@H]1CC[C@H](c2ncc(-c3ccc(OCCCC)c(F)c3)cn2)CC1. The van der Waals surface area contributed by atoms with E-state index in [1.54, 1.807) is 6.07 Å². The quantitative estimate of drug-likeness (QED) is 0.393. The minimum absolute atomic E-state index is 0.315. The molecule has 1 saturated carbocycles. The van der Waals surface area contributed by atoms with Crippen molar-refractivity contribution in [2.24, 2.45) is 5.92 Å². The minimum Gasteiger partial charge on any atom is -0.491 e. The Balaban J connectivity index is 1.56. The number of hydrogen-bond acceptors (Lipinski definition) is 3. The van der Waals surface area contributed by atoms with Crippen LogP contribution in [0.25, 0.3) is 11.1 Å². The van der Waals surface area contributed by atoms with Crippen LogP contribution in [0.1, 0.15) is 89.8 Å². The molecule has 1 fully saturated rings. The minimum atomic E-state index is -0.330. The first-order chi connectivity index (χ1) is 14.2. The highest BCUT2D eigenvalue weighted by Gasteiger charge is 2.23. The predicted molar refractivity (Wildman–Crippen MR) is 117 cm³/mol. The van der Waals surface area contributed by atoms with Gasteiger partial charge in [-0.1, -0.05) is 52.0 Å². The zero-order chi connectivity index (χ0) is 20.5. The van der Waals surface area contributed by atoms with Crippen molar-refractivity contribution in [2.45, 2.75) is 84.0 Å². The van der Waals surface area contributed by atoms with Crippen LogP contribution in [0.5, 0.6) is 5.75 Å². The molecule has 0 spiro atoms. The Hall–Kier alpha value is -1.97. The van der Waals surface area contributed by atoms with Crippen molar-refractivity contribution in [1.82, 2.24) is 9.97 Å². The van der Waals surface area contributed by atoms with Crippen LogP contribution in [0, 0.1) is 11.7 Å². The van der Waals surface area contributed by atoms with Crippen molar-refractivity contribution in [1.29, 1.82) is 0 Å². The summed E-state index contributed by atoms with van der Waals surface area (Å²) < 4.78 is 19.8. The number of aromatic nitrogens is 2. The third kappa shape index (κ3) is 6.25. The van der Waals surface area contributed by atoms with Gasteiger partial charge in [0.15, 0.2) is 11.6 Å². The van der Waals surface area contributed by atoms with E-state index in [0.717, 1.165) is 35.7 Å². The molecule has 0 aliphatic heterocycles. The van der Waals surface area contributed by atoms with Crippen molar-refractivity contribution >= 4 is 0 Å². The smallest absolute Gasteiger partial charge is 0.165 e. The predicted octanol–water partition coefficient (Wildman–Crippen LogP) is 7.32. The van der Waals surface area contributed by atoms with E-state index in [0.29, 0.717) is 18.3 Å². The molecule has 1 aliphatic carbocycles. The van der Waals surface area contributed by atoms with E-state index in [1.807, 2.05) is 18.5 Å². The van der Waals surface area contributed by atoms with E-state index >= 15 is 0 Å². The Bertz CT molecular complexity index is 739. The lowest BCUT2D eigenvalue weighted by molar-refractivity contribution is 0.294. The first-order valence-electron chi connectivity index (χ1n) is 11.5. The highest BCUT2D eigenvalue weighted by Crippen LogP contribution is 2.36. The molecule has 158 valence electrons. The van der Waals surface area contributed by atoms with Gasteiger partial charge in [-0.05, 0) is 55.7 Å². The third-order valence-corrected chi connectivity index (χ3v) is 6.12. The average Bonchev–Trinajstić information content (AvgIpc) is 2.76. The molecular weight excluding hydrogens is 363 g/mol. The number of halogens is 1. The molecule has 29 heavy (non-hydrogen) atoms. The summed E-state index contributed by atoms with van der Waals surface area (Å²) in [6, 6.07) is 5.10. The Morgan fingerprint density at radius 2 is 1.66 bits per heavy atom. The molecule has 0 atom stereocenters. The molecule has 0 saturated heterocycles. The van der Waals surface area contributed by atoms with Crippen LogP contribution in [0.15, 0.2) is 30.6 Å². The standard InChI is InChI=1S/C25H35FN2O/c1-3-5-7-8-19-9-11-20(12-10-19)25-27-17-22(18-28-25)21-13-14-24(23(26)16-21)29-15-6-4-2/h13-14,16-20H,3-12,15H2,1-2H3/t19-,20-. The van der Waals surface area contributed by atoms with Gasteiger partial charge in [0, 0.05) is 23.9 Å². The second-order valence-corrected chi connectivity index (χ2v) is 8.39. The van der Waals surface area contributed by atoms with E-state index < -0.39 is 0 Å². The summed E-state index contributed by atoms with van der Waals surface area (Å²) in [5.74, 6) is 2.29. The normalized spacial score (nSPS) is 19.3. The molecule has 2 aromatic rings. The summed E-state index contributed by atoms with van der Waals surface area (Å²) in [7, 11) is 0. The molecule has 3 rings (SSSR count). The molecule has 0 amide bonds. The zero-order valence-electron chi connectivity index (χ0n) is 18.0. The Kier molecular flexibility index (Phi) is 8.45. The summed E-state index contributed by atoms with van der Waals surface area (Å²) in [5, 5.41) is 0. The molecule has 0 bridgehead atoms. The van der Waals surface area contributed by atoms with E-state index in [9.17, 15) is 4.39 Å². The maximum absolute atomic E-state index is 14.3. The van der Waals surface area contributed by atoms with Gasteiger partial charge in [-0.3, -0.25) is 0 Å². The fourth-order valence-electron chi connectivity index (χ4n) is 4.21. The van der Waals surface area contributed by atoms with Gasteiger partial charge in [0.1, 0.15) is 5.82 Å². The van der Waals surface area contributed by atoms with Crippen molar-refractivity contribution in [3.05, 3.63) is 42.2 Å². The fourth-order valence-corrected chi connectivity index (χ4v) is 4.21. The maximum Gasteiger partial charge on any atom is 0.165 e. The first kappa shape index (κ1) is 21.7. The van der Waals surface area contributed by atoms with Gasteiger partial charge in [-0.25, -0.2) is 14.4 Å². The topological polar surface area (TPSA) is 35.0 Å². The number of unbranched alkanes of at least 4 members (excludes halogenated alkanes) is 3.